The quantitative estimate of drug-likeness (QED) is 0.649. The molecular weight excluding hydrogens is 289 g/mol. The molecule has 0 atom stereocenters. The molecule has 1 aromatic carbocycles. The predicted octanol–water partition coefficient (Wildman–Crippen LogP) is 2.37. The van der Waals surface area contributed by atoms with Crippen molar-refractivity contribution >= 4 is 28.3 Å². The zero-order valence-electron chi connectivity index (χ0n) is 7.74. The van der Waals surface area contributed by atoms with Gasteiger partial charge in [0.05, 0.1) is 21.1 Å². The van der Waals surface area contributed by atoms with Crippen molar-refractivity contribution in [3.05, 3.63) is 39.7 Å². The van der Waals surface area contributed by atoms with Crippen LogP contribution in [-0.2, 0) is 0 Å². The molecule has 0 aliphatic rings. The number of nitrogens with two attached hydrogens (primary N) is 1. The predicted molar refractivity (Wildman–Crippen MR) is 65.4 cm³/mol. The van der Waals surface area contributed by atoms with Crippen molar-refractivity contribution in [2.45, 2.75) is 6.92 Å². The van der Waals surface area contributed by atoms with Crippen molar-refractivity contribution in [2.24, 2.45) is 0 Å². The molecular formula is C10H10IN3. The van der Waals surface area contributed by atoms with Crippen LogP contribution in [0.25, 0.3) is 5.69 Å². The number of anilines is 1. The van der Waals surface area contributed by atoms with Gasteiger partial charge >= 0.3 is 0 Å². The summed E-state index contributed by atoms with van der Waals surface area (Å²) in [7, 11) is 0. The lowest BCUT2D eigenvalue weighted by Crippen LogP contribution is -2.00. The minimum Gasteiger partial charge on any atom is -0.397 e. The number of nitrogen functional groups attached to an aromatic ring is 1. The number of hydrogen-bond acceptors (Lipinski definition) is 2. The zero-order valence-corrected chi connectivity index (χ0v) is 9.89. The third-order valence-corrected chi connectivity index (χ3v) is 2.54. The molecule has 0 amide bonds. The topological polar surface area (TPSA) is 43.8 Å². The van der Waals surface area contributed by atoms with E-state index < -0.39 is 0 Å². The molecule has 2 rings (SSSR count). The summed E-state index contributed by atoms with van der Waals surface area (Å²) in [6.45, 7) is 2.02. The van der Waals surface area contributed by atoms with E-state index in [0.717, 1.165) is 20.5 Å². The third-order valence-electron chi connectivity index (χ3n) is 1.98. The normalized spacial score (nSPS) is 10.4. The Morgan fingerprint density at radius 2 is 2.21 bits per heavy atom. The second-order valence-electron chi connectivity index (χ2n) is 3.17. The Morgan fingerprint density at radius 3 is 2.79 bits per heavy atom. The standard InChI is InChI=1S/C10H10IN3/c1-7-2-3-10(9(12)4-7)14-6-8(11)5-13-14/h2-6H,12H2,1H3. The number of nitrogens with zero attached hydrogens (tertiary/aromatic N) is 2. The van der Waals surface area contributed by atoms with Crippen LogP contribution in [0.3, 0.4) is 0 Å². The number of rotatable bonds is 1. The van der Waals surface area contributed by atoms with Crippen molar-refractivity contribution in [1.82, 2.24) is 9.78 Å². The van der Waals surface area contributed by atoms with E-state index in [9.17, 15) is 0 Å². The fraction of sp³-hybridized carbons (Fsp3) is 0.100. The molecule has 0 radical (unpaired) electrons. The molecule has 0 bridgehead atoms. The van der Waals surface area contributed by atoms with E-state index in [4.69, 9.17) is 5.73 Å². The number of hydrogen-bond donors (Lipinski definition) is 1. The van der Waals surface area contributed by atoms with E-state index in [1.807, 2.05) is 31.3 Å². The Hall–Kier alpha value is -1.04. The van der Waals surface area contributed by atoms with E-state index in [1.54, 1.807) is 10.9 Å². The van der Waals surface area contributed by atoms with E-state index in [-0.39, 0.29) is 0 Å². The first-order valence-corrected chi connectivity index (χ1v) is 5.31. The van der Waals surface area contributed by atoms with Gasteiger partial charge in [0.2, 0.25) is 0 Å². The molecule has 72 valence electrons. The first-order chi connectivity index (χ1) is 6.66. The molecule has 0 spiro atoms. The SMILES string of the molecule is Cc1ccc(-n2cc(I)cn2)c(N)c1. The minimum absolute atomic E-state index is 0.754. The molecule has 0 aliphatic carbocycles. The third kappa shape index (κ3) is 1.75. The van der Waals surface area contributed by atoms with E-state index in [1.165, 1.54) is 0 Å². The summed E-state index contributed by atoms with van der Waals surface area (Å²) in [6.07, 6.45) is 3.75. The van der Waals surface area contributed by atoms with Gasteiger partial charge in [0.1, 0.15) is 0 Å². The monoisotopic (exact) mass is 299 g/mol. The van der Waals surface area contributed by atoms with Gasteiger partial charge in [-0.3, -0.25) is 0 Å². The number of halogens is 1. The summed E-state index contributed by atoms with van der Waals surface area (Å²) in [4.78, 5) is 0. The highest BCUT2D eigenvalue weighted by molar-refractivity contribution is 14.1. The van der Waals surface area contributed by atoms with Gasteiger partial charge in [0.25, 0.3) is 0 Å². The lowest BCUT2D eigenvalue weighted by molar-refractivity contribution is 0.882. The van der Waals surface area contributed by atoms with Crippen LogP contribution in [0.15, 0.2) is 30.6 Å². The van der Waals surface area contributed by atoms with Crippen LogP contribution in [0.1, 0.15) is 5.56 Å². The fourth-order valence-electron chi connectivity index (χ4n) is 1.32. The van der Waals surface area contributed by atoms with E-state index >= 15 is 0 Å². The van der Waals surface area contributed by atoms with Crippen molar-refractivity contribution in [2.75, 3.05) is 5.73 Å². The highest BCUT2D eigenvalue weighted by Gasteiger charge is 2.02. The largest absolute Gasteiger partial charge is 0.397 e. The molecule has 0 saturated heterocycles. The highest BCUT2D eigenvalue weighted by Crippen LogP contribution is 2.18. The van der Waals surface area contributed by atoms with Crippen molar-refractivity contribution < 1.29 is 0 Å². The molecule has 14 heavy (non-hydrogen) atoms. The van der Waals surface area contributed by atoms with Gasteiger partial charge in [-0.25, -0.2) is 4.68 Å². The number of benzene rings is 1. The van der Waals surface area contributed by atoms with E-state index in [2.05, 4.69) is 27.7 Å². The zero-order chi connectivity index (χ0) is 10.1. The van der Waals surface area contributed by atoms with Crippen LogP contribution in [0.4, 0.5) is 5.69 Å². The van der Waals surface area contributed by atoms with Crippen molar-refractivity contribution in [3.8, 4) is 5.69 Å². The summed E-state index contributed by atoms with van der Waals surface area (Å²) in [5, 5.41) is 4.21. The lowest BCUT2D eigenvalue weighted by Gasteiger charge is -2.05. The van der Waals surface area contributed by atoms with Gasteiger partial charge in [-0.1, -0.05) is 6.07 Å². The molecule has 1 aromatic heterocycles. The number of aromatic nitrogens is 2. The van der Waals surface area contributed by atoms with Gasteiger partial charge in [0, 0.05) is 6.20 Å². The molecule has 0 fully saturated rings. The van der Waals surface area contributed by atoms with Gasteiger partial charge in [-0.05, 0) is 47.2 Å². The Labute approximate surface area is 96.1 Å². The average Bonchev–Trinajstić information content (AvgIpc) is 2.51. The summed E-state index contributed by atoms with van der Waals surface area (Å²) in [6, 6.07) is 5.96. The van der Waals surface area contributed by atoms with Gasteiger partial charge in [-0.2, -0.15) is 5.10 Å². The van der Waals surface area contributed by atoms with Crippen LogP contribution in [0.5, 0.6) is 0 Å². The first kappa shape index (κ1) is 9.51. The average molecular weight is 299 g/mol. The maximum Gasteiger partial charge on any atom is 0.0875 e. The molecule has 2 aromatic rings. The smallest absolute Gasteiger partial charge is 0.0875 e. The molecule has 0 aliphatic heterocycles. The van der Waals surface area contributed by atoms with Crippen molar-refractivity contribution in [3.63, 3.8) is 0 Å². The van der Waals surface area contributed by atoms with Crippen LogP contribution in [0.2, 0.25) is 0 Å². The summed E-state index contributed by atoms with van der Waals surface area (Å²) in [5.41, 5.74) is 8.74. The molecule has 2 N–H and O–H groups in total. The fourth-order valence-corrected chi connectivity index (χ4v) is 1.70. The van der Waals surface area contributed by atoms with Crippen LogP contribution in [0, 0.1) is 10.5 Å². The lowest BCUT2D eigenvalue weighted by atomic mass is 10.2. The van der Waals surface area contributed by atoms with Crippen LogP contribution >= 0.6 is 22.6 Å². The Balaban J connectivity index is 2.52. The molecule has 0 saturated carbocycles. The Bertz CT molecular complexity index is 462. The Kier molecular flexibility index (Phi) is 2.45. The van der Waals surface area contributed by atoms with Crippen molar-refractivity contribution in [1.29, 1.82) is 0 Å². The van der Waals surface area contributed by atoms with Gasteiger partial charge in [-0.15, -0.1) is 0 Å². The second-order valence-corrected chi connectivity index (χ2v) is 4.41. The summed E-state index contributed by atoms with van der Waals surface area (Å²) < 4.78 is 2.89. The summed E-state index contributed by atoms with van der Waals surface area (Å²) >= 11 is 2.22. The maximum absolute atomic E-state index is 5.90. The maximum atomic E-state index is 5.90. The molecule has 0 unspecified atom stereocenters. The second kappa shape index (κ2) is 3.61. The van der Waals surface area contributed by atoms with Gasteiger partial charge < -0.3 is 5.73 Å². The van der Waals surface area contributed by atoms with Crippen LogP contribution < -0.4 is 5.73 Å². The number of aryl methyl sites for hydroxylation is 1. The summed E-state index contributed by atoms with van der Waals surface area (Å²) in [5.74, 6) is 0. The molecule has 4 heteroatoms. The Morgan fingerprint density at radius 1 is 1.43 bits per heavy atom. The van der Waals surface area contributed by atoms with Gasteiger partial charge in [0.15, 0.2) is 0 Å². The van der Waals surface area contributed by atoms with E-state index in [0.29, 0.717) is 0 Å². The minimum atomic E-state index is 0.754. The first-order valence-electron chi connectivity index (χ1n) is 4.23. The highest BCUT2D eigenvalue weighted by atomic mass is 127. The molecule has 3 nitrogen and oxygen atoms in total. The van der Waals surface area contributed by atoms with Crippen LogP contribution in [-0.4, -0.2) is 9.78 Å². The molecule has 1 heterocycles.